The largest absolute Gasteiger partial charge is 0.399 e. The van der Waals surface area contributed by atoms with Crippen molar-refractivity contribution in [3.8, 4) is 22.3 Å². The zero-order valence-electron chi connectivity index (χ0n) is 12.4. The molecule has 3 aromatic rings. The van der Waals surface area contributed by atoms with Crippen molar-refractivity contribution in [2.75, 3.05) is 5.73 Å². The van der Waals surface area contributed by atoms with Crippen LogP contribution in [0.2, 0.25) is 0 Å². The van der Waals surface area contributed by atoms with E-state index in [1.165, 1.54) is 0 Å². The molecule has 2 heteroatoms. The molecule has 2 nitrogen and oxygen atoms in total. The number of anilines is 1. The van der Waals surface area contributed by atoms with Crippen LogP contribution < -0.4 is 5.73 Å². The minimum absolute atomic E-state index is 0.0882. The van der Waals surface area contributed by atoms with E-state index in [-0.39, 0.29) is 5.78 Å². The molecule has 2 N–H and O–H groups in total. The maximum atomic E-state index is 11.3. The zero-order chi connectivity index (χ0) is 15.5. The number of nitrogen functional groups attached to an aromatic ring is 1. The summed E-state index contributed by atoms with van der Waals surface area (Å²) in [4.78, 5) is 11.3. The lowest BCUT2D eigenvalue weighted by Gasteiger charge is -2.06. The highest BCUT2D eigenvalue weighted by Gasteiger charge is 2.02. The Morgan fingerprint density at radius 1 is 0.636 bits per heavy atom. The number of hydrogen-bond acceptors (Lipinski definition) is 2. The number of carbonyl (C=O) groups excluding carboxylic acids is 1. The highest BCUT2D eigenvalue weighted by atomic mass is 16.1. The molecule has 108 valence electrons. The first-order chi connectivity index (χ1) is 10.6. The fourth-order valence-corrected chi connectivity index (χ4v) is 2.43. The van der Waals surface area contributed by atoms with Gasteiger partial charge in [0.25, 0.3) is 0 Å². The molecule has 0 heterocycles. The summed E-state index contributed by atoms with van der Waals surface area (Å²) in [6.45, 7) is 1.58. The Morgan fingerprint density at radius 2 is 0.955 bits per heavy atom. The van der Waals surface area contributed by atoms with Crippen LogP contribution in [0, 0.1) is 0 Å². The summed E-state index contributed by atoms with van der Waals surface area (Å²) in [7, 11) is 0. The van der Waals surface area contributed by atoms with Crippen LogP contribution in [0.1, 0.15) is 17.3 Å². The van der Waals surface area contributed by atoms with Crippen molar-refractivity contribution < 1.29 is 4.79 Å². The lowest BCUT2D eigenvalue weighted by molar-refractivity contribution is 0.101. The first-order valence-corrected chi connectivity index (χ1v) is 7.21. The summed E-state index contributed by atoms with van der Waals surface area (Å²) in [5.74, 6) is 0.0882. The number of carbonyl (C=O) groups is 1. The van der Waals surface area contributed by atoms with Gasteiger partial charge in [-0.15, -0.1) is 0 Å². The van der Waals surface area contributed by atoms with Crippen LogP contribution in [-0.4, -0.2) is 5.78 Å². The van der Waals surface area contributed by atoms with E-state index in [0.717, 1.165) is 33.5 Å². The Hall–Kier alpha value is -2.87. The van der Waals surface area contributed by atoms with Gasteiger partial charge >= 0.3 is 0 Å². The number of Topliss-reactive ketones (excluding diaryl/α,β-unsaturated/α-hetero) is 1. The second-order valence-corrected chi connectivity index (χ2v) is 5.33. The Morgan fingerprint density at radius 3 is 1.32 bits per heavy atom. The van der Waals surface area contributed by atoms with Gasteiger partial charge in [0.1, 0.15) is 0 Å². The Balaban J connectivity index is 1.87. The molecule has 0 aromatic heterocycles. The fraction of sp³-hybridized carbons (Fsp3) is 0.0500. The van der Waals surface area contributed by atoms with Gasteiger partial charge < -0.3 is 5.73 Å². The predicted octanol–water partition coefficient (Wildman–Crippen LogP) is 4.81. The van der Waals surface area contributed by atoms with E-state index in [0.29, 0.717) is 0 Å². The molecule has 0 aliphatic heterocycles. The molecule has 0 aliphatic carbocycles. The molecule has 0 aliphatic rings. The van der Waals surface area contributed by atoms with Crippen molar-refractivity contribution in [3.05, 3.63) is 78.4 Å². The molecule has 0 spiro atoms. The van der Waals surface area contributed by atoms with Crippen molar-refractivity contribution in [3.63, 3.8) is 0 Å². The third-order valence-corrected chi connectivity index (χ3v) is 3.75. The first kappa shape index (κ1) is 14.1. The number of rotatable bonds is 3. The quantitative estimate of drug-likeness (QED) is 0.555. The maximum absolute atomic E-state index is 11.3. The first-order valence-electron chi connectivity index (χ1n) is 7.21. The van der Waals surface area contributed by atoms with Gasteiger partial charge in [0.05, 0.1) is 0 Å². The van der Waals surface area contributed by atoms with Crippen LogP contribution in [0.4, 0.5) is 5.69 Å². The van der Waals surface area contributed by atoms with Gasteiger partial charge in [0.2, 0.25) is 0 Å². The summed E-state index contributed by atoms with van der Waals surface area (Å²) in [5.41, 5.74) is 11.8. The lowest BCUT2D eigenvalue weighted by Crippen LogP contribution is -1.90. The van der Waals surface area contributed by atoms with Crippen LogP contribution in [0.25, 0.3) is 22.3 Å². The number of ketones is 1. The standard InChI is InChI=1S/C20H17NO/c1-14(22)15-2-4-16(5-3-15)17-6-8-18(9-7-17)19-10-12-20(21)13-11-19/h2-13H,21H2,1H3. The Bertz CT molecular complexity index is 785. The third-order valence-electron chi connectivity index (χ3n) is 3.75. The molecule has 0 bridgehead atoms. The van der Waals surface area contributed by atoms with Gasteiger partial charge in [-0.05, 0) is 41.3 Å². The molecular formula is C20H17NO. The molecule has 0 atom stereocenters. The van der Waals surface area contributed by atoms with Crippen LogP contribution in [0.15, 0.2) is 72.8 Å². The molecule has 22 heavy (non-hydrogen) atoms. The maximum Gasteiger partial charge on any atom is 0.159 e. The normalized spacial score (nSPS) is 10.4. The minimum atomic E-state index is 0.0882. The smallest absolute Gasteiger partial charge is 0.159 e. The van der Waals surface area contributed by atoms with E-state index < -0.39 is 0 Å². The Labute approximate surface area is 130 Å². The summed E-state index contributed by atoms with van der Waals surface area (Å²) >= 11 is 0. The second-order valence-electron chi connectivity index (χ2n) is 5.33. The molecule has 3 rings (SSSR count). The van der Waals surface area contributed by atoms with Crippen LogP contribution >= 0.6 is 0 Å². The molecule has 0 saturated carbocycles. The molecule has 0 unspecified atom stereocenters. The van der Waals surface area contributed by atoms with Gasteiger partial charge in [-0.25, -0.2) is 0 Å². The number of benzene rings is 3. The van der Waals surface area contributed by atoms with Gasteiger partial charge in [0.15, 0.2) is 5.78 Å². The highest BCUT2D eigenvalue weighted by Crippen LogP contribution is 2.25. The molecule has 0 saturated heterocycles. The molecule has 3 aromatic carbocycles. The predicted molar refractivity (Wildman–Crippen MR) is 91.7 cm³/mol. The van der Waals surface area contributed by atoms with Crippen LogP contribution in [0.3, 0.4) is 0 Å². The zero-order valence-corrected chi connectivity index (χ0v) is 12.4. The van der Waals surface area contributed by atoms with E-state index >= 15 is 0 Å². The van der Waals surface area contributed by atoms with E-state index in [9.17, 15) is 4.79 Å². The van der Waals surface area contributed by atoms with E-state index in [4.69, 9.17) is 5.73 Å². The summed E-state index contributed by atoms with van der Waals surface area (Å²) < 4.78 is 0. The van der Waals surface area contributed by atoms with Gasteiger partial charge in [0, 0.05) is 11.3 Å². The van der Waals surface area contributed by atoms with Crippen molar-refractivity contribution in [2.45, 2.75) is 6.92 Å². The number of hydrogen-bond donors (Lipinski definition) is 1. The van der Waals surface area contributed by atoms with E-state index in [1.807, 2.05) is 48.5 Å². The molecule has 0 amide bonds. The van der Waals surface area contributed by atoms with E-state index in [1.54, 1.807) is 6.92 Å². The summed E-state index contributed by atoms with van der Waals surface area (Å²) in [6.07, 6.45) is 0. The summed E-state index contributed by atoms with van der Waals surface area (Å²) in [6, 6.07) is 23.9. The third kappa shape index (κ3) is 2.91. The minimum Gasteiger partial charge on any atom is -0.399 e. The van der Waals surface area contributed by atoms with E-state index in [2.05, 4.69) is 24.3 Å². The van der Waals surface area contributed by atoms with Crippen molar-refractivity contribution in [1.82, 2.24) is 0 Å². The van der Waals surface area contributed by atoms with Crippen LogP contribution in [0.5, 0.6) is 0 Å². The second kappa shape index (κ2) is 5.86. The Kier molecular flexibility index (Phi) is 3.75. The molecule has 0 radical (unpaired) electrons. The fourth-order valence-electron chi connectivity index (χ4n) is 2.43. The topological polar surface area (TPSA) is 43.1 Å². The summed E-state index contributed by atoms with van der Waals surface area (Å²) in [5, 5.41) is 0. The SMILES string of the molecule is CC(=O)c1ccc(-c2ccc(-c3ccc(N)cc3)cc2)cc1. The van der Waals surface area contributed by atoms with Crippen molar-refractivity contribution in [1.29, 1.82) is 0 Å². The average Bonchev–Trinajstić information content (AvgIpc) is 2.56. The monoisotopic (exact) mass is 287 g/mol. The number of nitrogens with two attached hydrogens (primary N) is 1. The molecular weight excluding hydrogens is 270 g/mol. The van der Waals surface area contributed by atoms with Gasteiger partial charge in [-0.3, -0.25) is 4.79 Å². The van der Waals surface area contributed by atoms with Crippen molar-refractivity contribution in [2.24, 2.45) is 0 Å². The van der Waals surface area contributed by atoms with Crippen LogP contribution in [-0.2, 0) is 0 Å². The van der Waals surface area contributed by atoms with Gasteiger partial charge in [-0.2, -0.15) is 0 Å². The average molecular weight is 287 g/mol. The highest BCUT2D eigenvalue weighted by molar-refractivity contribution is 5.94. The lowest BCUT2D eigenvalue weighted by atomic mass is 9.99. The van der Waals surface area contributed by atoms with Gasteiger partial charge in [-0.1, -0.05) is 60.7 Å². The van der Waals surface area contributed by atoms with Crippen molar-refractivity contribution >= 4 is 11.5 Å². The molecule has 0 fully saturated rings.